The summed E-state index contributed by atoms with van der Waals surface area (Å²) in [4.78, 5) is 0. The van der Waals surface area contributed by atoms with Gasteiger partial charge in [0.1, 0.15) is 0 Å². The molecule has 0 bridgehead atoms. The van der Waals surface area contributed by atoms with Gasteiger partial charge in [-0.1, -0.05) is 70.4 Å². The van der Waals surface area contributed by atoms with E-state index in [1.54, 1.807) is 0 Å². The highest BCUT2D eigenvalue weighted by Crippen LogP contribution is 2.34. The van der Waals surface area contributed by atoms with E-state index < -0.39 is 0 Å². The number of unbranched alkanes of at least 4 members (excludes halogenated alkanes) is 8. The second-order valence-electron chi connectivity index (χ2n) is 7.91. The zero-order valence-electron chi connectivity index (χ0n) is 16.7. The number of nitriles is 1. The van der Waals surface area contributed by atoms with E-state index in [9.17, 15) is 0 Å². The summed E-state index contributed by atoms with van der Waals surface area (Å²) >= 11 is 0. The first kappa shape index (κ1) is 21.0. The highest BCUT2D eigenvalue weighted by molar-refractivity contribution is 5.33. The average Bonchev–Trinajstić information content (AvgIpc) is 2.70. The van der Waals surface area contributed by atoms with Crippen LogP contribution in [0.3, 0.4) is 0 Å². The molecule has 0 unspecified atom stereocenters. The topological polar surface area (TPSA) is 33.0 Å². The molecule has 0 radical (unpaired) electrons. The van der Waals surface area contributed by atoms with Crippen LogP contribution in [0.1, 0.15) is 107 Å². The first-order valence-electron chi connectivity index (χ1n) is 10.9. The van der Waals surface area contributed by atoms with Crippen molar-refractivity contribution < 1.29 is 4.74 Å². The van der Waals surface area contributed by atoms with Crippen LogP contribution >= 0.6 is 0 Å². The van der Waals surface area contributed by atoms with Crippen molar-refractivity contribution in [3.8, 4) is 6.07 Å². The fraction of sp³-hybridized carbons (Fsp3) is 0.708. The van der Waals surface area contributed by atoms with Crippen molar-refractivity contribution in [3.05, 3.63) is 35.4 Å². The number of nitrogens with zero attached hydrogens (tertiary/aromatic N) is 1. The lowest BCUT2D eigenvalue weighted by Gasteiger charge is -2.29. The third-order valence-electron chi connectivity index (χ3n) is 5.79. The minimum atomic E-state index is 0.471. The fourth-order valence-electron chi connectivity index (χ4n) is 4.06. The molecule has 1 aliphatic rings. The second kappa shape index (κ2) is 12.9. The Labute approximate surface area is 161 Å². The molecular weight excluding hydrogens is 318 g/mol. The van der Waals surface area contributed by atoms with E-state index in [0.29, 0.717) is 12.0 Å². The van der Waals surface area contributed by atoms with Gasteiger partial charge in [-0.3, -0.25) is 0 Å². The maximum atomic E-state index is 8.90. The van der Waals surface area contributed by atoms with Gasteiger partial charge < -0.3 is 4.74 Å². The summed E-state index contributed by atoms with van der Waals surface area (Å²) in [5, 5.41) is 8.90. The van der Waals surface area contributed by atoms with E-state index in [1.807, 2.05) is 12.1 Å². The van der Waals surface area contributed by atoms with E-state index in [4.69, 9.17) is 10.00 Å². The lowest BCUT2D eigenvalue weighted by Crippen LogP contribution is -2.21. The van der Waals surface area contributed by atoms with Gasteiger partial charge in [0, 0.05) is 6.61 Å². The molecule has 0 aromatic heterocycles. The molecule has 0 saturated heterocycles. The molecular formula is C24H37NO. The maximum absolute atomic E-state index is 8.90. The van der Waals surface area contributed by atoms with E-state index >= 15 is 0 Å². The van der Waals surface area contributed by atoms with Crippen LogP contribution in [0.15, 0.2) is 24.3 Å². The summed E-state index contributed by atoms with van der Waals surface area (Å²) in [6, 6.07) is 10.4. The van der Waals surface area contributed by atoms with Crippen LogP contribution in [0.5, 0.6) is 0 Å². The normalized spacial score (nSPS) is 20.0. The summed E-state index contributed by atoms with van der Waals surface area (Å²) in [7, 11) is 0. The Morgan fingerprint density at radius 2 is 1.42 bits per heavy atom. The van der Waals surface area contributed by atoms with Crippen molar-refractivity contribution in [1.29, 1.82) is 5.26 Å². The lowest BCUT2D eigenvalue weighted by atomic mass is 9.82. The van der Waals surface area contributed by atoms with Gasteiger partial charge >= 0.3 is 0 Å². The minimum absolute atomic E-state index is 0.471. The first-order valence-corrected chi connectivity index (χ1v) is 10.9. The third kappa shape index (κ3) is 7.92. The van der Waals surface area contributed by atoms with Gasteiger partial charge in [0.15, 0.2) is 0 Å². The highest BCUT2D eigenvalue weighted by atomic mass is 16.5. The monoisotopic (exact) mass is 355 g/mol. The highest BCUT2D eigenvalue weighted by Gasteiger charge is 2.22. The Morgan fingerprint density at radius 3 is 2.00 bits per heavy atom. The lowest BCUT2D eigenvalue weighted by molar-refractivity contribution is 0.0226. The minimum Gasteiger partial charge on any atom is -0.378 e. The number of hydrogen-bond acceptors (Lipinski definition) is 2. The van der Waals surface area contributed by atoms with Crippen molar-refractivity contribution in [2.24, 2.45) is 0 Å². The quantitative estimate of drug-likeness (QED) is 0.373. The van der Waals surface area contributed by atoms with Crippen molar-refractivity contribution in [1.82, 2.24) is 0 Å². The Bertz CT molecular complexity index is 508. The predicted molar refractivity (Wildman–Crippen MR) is 109 cm³/mol. The molecule has 2 rings (SSSR count). The van der Waals surface area contributed by atoms with Crippen LogP contribution in [0.4, 0.5) is 0 Å². The molecule has 0 atom stereocenters. The smallest absolute Gasteiger partial charge is 0.0991 e. The number of ether oxygens (including phenoxy) is 1. The zero-order chi connectivity index (χ0) is 18.5. The Morgan fingerprint density at radius 1 is 0.846 bits per heavy atom. The Hall–Kier alpha value is -1.33. The summed E-state index contributed by atoms with van der Waals surface area (Å²) in [6.07, 6.45) is 17.6. The maximum Gasteiger partial charge on any atom is 0.0991 e. The predicted octanol–water partition coefficient (Wildman–Crippen LogP) is 7.13. The SMILES string of the molecule is CCCCCCCCCCCOC1CCC(c2ccc(C#N)cc2)CC1. The molecule has 1 aromatic carbocycles. The molecule has 26 heavy (non-hydrogen) atoms. The number of hydrogen-bond donors (Lipinski definition) is 0. The number of benzene rings is 1. The van der Waals surface area contributed by atoms with E-state index in [-0.39, 0.29) is 0 Å². The fourth-order valence-corrected chi connectivity index (χ4v) is 4.06. The van der Waals surface area contributed by atoms with Gasteiger partial charge in [-0.15, -0.1) is 0 Å². The van der Waals surface area contributed by atoms with Crippen LogP contribution < -0.4 is 0 Å². The van der Waals surface area contributed by atoms with Gasteiger partial charge in [0.2, 0.25) is 0 Å². The summed E-state index contributed by atoms with van der Waals surface area (Å²) in [5.41, 5.74) is 2.15. The summed E-state index contributed by atoms with van der Waals surface area (Å²) < 4.78 is 6.12. The van der Waals surface area contributed by atoms with Gasteiger partial charge in [0.05, 0.1) is 17.7 Å². The molecule has 0 aliphatic heterocycles. The van der Waals surface area contributed by atoms with Crippen molar-refractivity contribution in [2.75, 3.05) is 6.61 Å². The van der Waals surface area contributed by atoms with Crippen LogP contribution in [-0.2, 0) is 4.74 Å². The standard InChI is InChI=1S/C24H37NO/c1-2-3-4-5-6-7-8-9-10-19-26-24-17-15-23(16-18-24)22-13-11-21(20-25)12-14-22/h11-14,23-24H,2-10,15-19H2,1H3. The van der Waals surface area contributed by atoms with Crippen molar-refractivity contribution >= 4 is 0 Å². The van der Waals surface area contributed by atoms with Crippen molar-refractivity contribution in [2.45, 2.75) is 102 Å². The molecule has 0 amide bonds. The second-order valence-corrected chi connectivity index (χ2v) is 7.91. The first-order chi connectivity index (χ1) is 12.8. The number of rotatable bonds is 12. The molecule has 1 aliphatic carbocycles. The van der Waals surface area contributed by atoms with Gasteiger partial charge in [0.25, 0.3) is 0 Å². The summed E-state index contributed by atoms with van der Waals surface area (Å²) in [5.74, 6) is 0.648. The van der Waals surface area contributed by atoms with E-state index in [0.717, 1.165) is 12.2 Å². The molecule has 0 N–H and O–H groups in total. The molecule has 1 saturated carbocycles. The van der Waals surface area contributed by atoms with Crippen LogP contribution in [0.25, 0.3) is 0 Å². The molecule has 0 spiro atoms. The molecule has 2 heteroatoms. The molecule has 1 aromatic rings. The zero-order valence-corrected chi connectivity index (χ0v) is 16.7. The molecule has 2 nitrogen and oxygen atoms in total. The average molecular weight is 356 g/mol. The molecule has 0 heterocycles. The van der Waals surface area contributed by atoms with Gasteiger partial charge in [-0.2, -0.15) is 5.26 Å². The van der Waals surface area contributed by atoms with Crippen LogP contribution in [-0.4, -0.2) is 12.7 Å². The van der Waals surface area contributed by atoms with Crippen LogP contribution in [0.2, 0.25) is 0 Å². The third-order valence-corrected chi connectivity index (χ3v) is 5.79. The van der Waals surface area contributed by atoms with Gasteiger partial charge in [-0.05, 0) is 55.7 Å². The molecule has 1 fully saturated rings. The van der Waals surface area contributed by atoms with Crippen molar-refractivity contribution in [3.63, 3.8) is 0 Å². The Balaban J connectivity index is 1.48. The summed E-state index contributed by atoms with van der Waals surface area (Å²) in [6.45, 7) is 3.22. The van der Waals surface area contributed by atoms with Crippen LogP contribution in [0, 0.1) is 11.3 Å². The van der Waals surface area contributed by atoms with E-state index in [2.05, 4.69) is 25.1 Å². The van der Waals surface area contributed by atoms with E-state index in [1.165, 1.54) is 89.0 Å². The van der Waals surface area contributed by atoms with Gasteiger partial charge in [-0.25, -0.2) is 0 Å². The Kier molecular flexibility index (Phi) is 10.4. The largest absolute Gasteiger partial charge is 0.378 e. The molecule has 144 valence electrons.